The van der Waals surface area contributed by atoms with Crippen molar-refractivity contribution >= 4 is 27.3 Å². The fourth-order valence-corrected chi connectivity index (χ4v) is 3.82. The maximum atomic E-state index is 11.2. The van der Waals surface area contributed by atoms with Crippen molar-refractivity contribution in [2.75, 3.05) is 4.90 Å². The minimum absolute atomic E-state index is 0.190. The van der Waals surface area contributed by atoms with Crippen LogP contribution in [0.25, 0.3) is 0 Å². The maximum Gasteiger partial charge on any atom is 0.292 e. The van der Waals surface area contributed by atoms with Crippen molar-refractivity contribution in [3.8, 4) is 0 Å². The molecule has 0 radical (unpaired) electrons. The molecule has 2 saturated heterocycles. The number of rotatable bonds is 2. The van der Waals surface area contributed by atoms with Gasteiger partial charge in [-0.2, -0.15) is 0 Å². The van der Waals surface area contributed by atoms with Gasteiger partial charge in [-0.25, -0.2) is 0 Å². The zero-order chi connectivity index (χ0) is 13.6. The number of piperidine rings is 1. The van der Waals surface area contributed by atoms with Crippen LogP contribution in [0.3, 0.4) is 0 Å². The summed E-state index contributed by atoms with van der Waals surface area (Å²) in [5.74, 6) is 0. The van der Waals surface area contributed by atoms with Gasteiger partial charge < -0.3 is 10.6 Å². The second kappa shape index (κ2) is 4.76. The highest BCUT2D eigenvalue weighted by Crippen LogP contribution is 2.43. The number of nitrogens with zero attached hydrogens (tertiary/aromatic N) is 2. The molecule has 0 aliphatic carbocycles. The molecule has 102 valence electrons. The topological polar surface area (TPSA) is 72.4 Å². The number of anilines is 1. The largest absolute Gasteiger partial charge is 0.360 e. The second-order valence-corrected chi connectivity index (χ2v) is 6.33. The molecule has 2 fully saturated rings. The Bertz CT molecular complexity index is 509. The van der Waals surface area contributed by atoms with E-state index in [1.54, 1.807) is 12.1 Å². The van der Waals surface area contributed by atoms with Crippen molar-refractivity contribution in [1.29, 1.82) is 0 Å². The molecule has 2 aliphatic rings. The van der Waals surface area contributed by atoms with Crippen LogP contribution in [-0.2, 0) is 0 Å². The second-order valence-electron chi connectivity index (χ2n) is 5.41. The summed E-state index contributed by atoms with van der Waals surface area (Å²) in [6.45, 7) is 0. The van der Waals surface area contributed by atoms with Crippen LogP contribution in [0.1, 0.15) is 25.7 Å². The zero-order valence-corrected chi connectivity index (χ0v) is 12.0. The van der Waals surface area contributed by atoms with E-state index in [2.05, 4.69) is 20.8 Å². The third-order valence-electron chi connectivity index (χ3n) is 4.18. The molecule has 0 saturated carbocycles. The molecule has 6 heteroatoms. The number of nitro benzene ring substituents is 1. The highest BCUT2D eigenvalue weighted by atomic mass is 79.9. The van der Waals surface area contributed by atoms with Crippen LogP contribution in [0, 0.1) is 10.1 Å². The summed E-state index contributed by atoms with van der Waals surface area (Å²) in [7, 11) is 0. The van der Waals surface area contributed by atoms with E-state index in [1.807, 2.05) is 6.07 Å². The number of benzene rings is 1. The fourth-order valence-electron chi connectivity index (χ4n) is 3.47. The van der Waals surface area contributed by atoms with Crippen molar-refractivity contribution in [3.05, 3.63) is 32.8 Å². The number of hydrogen-bond acceptors (Lipinski definition) is 4. The van der Waals surface area contributed by atoms with E-state index in [9.17, 15) is 10.1 Å². The molecule has 5 nitrogen and oxygen atoms in total. The Hall–Kier alpha value is -1.14. The van der Waals surface area contributed by atoms with Gasteiger partial charge in [0.2, 0.25) is 0 Å². The number of nitrogens with two attached hydrogens (primary N) is 1. The van der Waals surface area contributed by atoms with Gasteiger partial charge in [0, 0.05) is 28.7 Å². The predicted octanol–water partition coefficient (Wildman–Crippen LogP) is 2.82. The van der Waals surface area contributed by atoms with Crippen molar-refractivity contribution in [3.63, 3.8) is 0 Å². The first-order valence-corrected chi connectivity index (χ1v) is 7.33. The van der Waals surface area contributed by atoms with Gasteiger partial charge in [0.25, 0.3) is 5.69 Å². The monoisotopic (exact) mass is 325 g/mol. The first kappa shape index (κ1) is 12.9. The third-order valence-corrected chi connectivity index (χ3v) is 4.68. The lowest BCUT2D eigenvalue weighted by atomic mass is 9.97. The average molecular weight is 326 g/mol. The minimum Gasteiger partial charge on any atom is -0.360 e. The molecule has 0 spiro atoms. The molecule has 0 amide bonds. The van der Waals surface area contributed by atoms with E-state index >= 15 is 0 Å². The van der Waals surface area contributed by atoms with Crippen LogP contribution < -0.4 is 10.6 Å². The molecule has 1 aromatic rings. The Kier molecular flexibility index (Phi) is 3.22. The Balaban J connectivity index is 2.03. The van der Waals surface area contributed by atoms with Crippen molar-refractivity contribution in [2.24, 2.45) is 5.73 Å². The van der Waals surface area contributed by atoms with Gasteiger partial charge in [0.1, 0.15) is 5.69 Å². The number of halogens is 1. The third kappa shape index (κ3) is 2.23. The predicted molar refractivity (Wildman–Crippen MR) is 77.3 cm³/mol. The highest BCUT2D eigenvalue weighted by Gasteiger charge is 2.41. The molecule has 2 aliphatic heterocycles. The summed E-state index contributed by atoms with van der Waals surface area (Å²) in [6, 6.07) is 6.09. The van der Waals surface area contributed by atoms with Crippen LogP contribution in [0.5, 0.6) is 0 Å². The number of nitro groups is 1. The van der Waals surface area contributed by atoms with E-state index in [4.69, 9.17) is 5.73 Å². The van der Waals surface area contributed by atoms with Crippen LogP contribution >= 0.6 is 15.9 Å². The Morgan fingerprint density at radius 3 is 2.53 bits per heavy atom. The summed E-state index contributed by atoms with van der Waals surface area (Å²) in [4.78, 5) is 13.1. The van der Waals surface area contributed by atoms with Gasteiger partial charge in [0.15, 0.2) is 0 Å². The molecule has 2 heterocycles. The SMILES string of the molecule is NC1CC2CCC(C1)N2c1cc(Br)ccc1[N+](=O)[O-]. The lowest BCUT2D eigenvalue weighted by Crippen LogP contribution is -2.47. The summed E-state index contributed by atoms with van der Waals surface area (Å²) in [5.41, 5.74) is 6.98. The van der Waals surface area contributed by atoms with Gasteiger partial charge >= 0.3 is 0 Å². The normalized spacial score (nSPS) is 29.6. The van der Waals surface area contributed by atoms with E-state index in [0.717, 1.165) is 35.8 Å². The Morgan fingerprint density at radius 2 is 1.95 bits per heavy atom. The lowest BCUT2D eigenvalue weighted by molar-refractivity contribution is -0.384. The van der Waals surface area contributed by atoms with Crippen LogP contribution in [0.2, 0.25) is 0 Å². The van der Waals surface area contributed by atoms with Gasteiger partial charge in [-0.15, -0.1) is 0 Å². The first-order valence-electron chi connectivity index (χ1n) is 6.54. The van der Waals surface area contributed by atoms with Crippen LogP contribution in [0.4, 0.5) is 11.4 Å². The summed E-state index contributed by atoms with van der Waals surface area (Å²) in [5, 5.41) is 11.2. The molecule has 19 heavy (non-hydrogen) atoms. The van der Waals surface area contributed by atoms with Gasteiger partial charge in [0.05, 0.1) is 4.92 Å². The standard InChI is InChI=1S/C13H16BrN3O2/c14-8-1-4-12(17(18)19)13(5-8)16-10-2-3-11(16)7-9(15)6-10/h1,4-5,9-11H,2-3,6-7,15H2. The Labute approximate surface area is 120 Å². The molecule has 1 aromatic carbocycles. The minimum atomic E-state index is -0.296. The van der Waals surface area contributed by atoms with Crippen molar-refractivity contribution < 1.29 is 4.92 Å². The first-order chi connectivity index (χ1) is 9.06. The average Bonchev–Trinajstić information content (AvgIpc) is 2.61. The molecule has 2 unspecified atom stereocenters. The van der Waals surface area contributed by atoms with Gasteiger partial charge in [-0.1, -0.05) is 15.9 Å². The molecular formula is C13H16BrN3O2. The number of hydrogen-bond donors (Lipinski definition) is 1. The van der Waals surface area contributed by atoms with Crippen molar-refractivity contribution in [1.82, 2.24) is 0 Å². The quantitative estimate of drug-likeness (QED) is 0.670. The number of fused-ring (bicyclic) bond motifs is 2. The molecule has 3 rings (SSSR count). The summed E-state index contributed by atoms with van der Waals surface area (Å²) >= 11 is 3.41. The molecule has 0 aromatic heterocycles. The van der Waals surface area contributed by atoms with Gasteiger partial charge in [-0.3, -0.25) is 10.1 Å². The lowest BCUT2D eigenvalue weighted by Gasteiger charge is -2.39. The molecule has 2 bridgehead atoms. The van der Waals surface area contributed by atoms with E-state index in [1.165, 1.54) is 0 Å². The molecule has 2 N–H and O–H groups in total. The molecule has 2 atom stereocenters. The fraction of sp³-hybridized carbons (Fsp3) is 0.538. The van der Waals surface area contributed by atoms with Crippen LogP contribution in [-0.4, -0.2) is 23.0 Å². The van der Waals surface area contributed by atoms with E-state index in [0.29, 0.717) is 12.1 Å². The maximum absolute atomic E-state index is 11.2. The smallest absolute Gasteiger partial charge is 0.292 e. The summed E-state index contributed by atoms with van der Waals surface area (Å²) in [6.07, 6.45) is 4.03. The zero-order valence-electron chi connectivity index (χ0n) is 10.5. The summed E-state index contributed by atoms with van der Waals surface area (Å²) < 4.78 is 0.877. The van der Waals surface area contributed by atoms with Crippen LogP contribution in [0.15, 0.2) is 22.7 Å². The van der Waals surface area contributed by atoms with E-state index < -0.39 is 0 Å². The van der Waals surface area contributed by atoms with Crippen molar-refractivity contribution in [2.45, 2.75) is 43.8 Å². The highest BCUT2D eigenvalue weighted by molar-refractivity contribution is 9.10. The van der Waals surface area contributed by atoms with E-state index in [-0.39, 0.29) is 16.7 Å². The van der Waals surface area contributed by atoms with Gasteiger partial charge in [-0.05, 0) is 37.8 Å². The Morgan fingerprint density at radius 1 is 1.32 bits per heavy atom. The molecular weight excluding hydrogens is 310 g/mol.